The van der Waals surface area contributed by atoms with Crippen molar-refractivity contribution in [3.05, 3.63) is 27.9 Å². The molecule has 9 heteroatoms. The fraction of sp³-hybridized carbons (Fsp3) is 0.400. The molecule has 0 radical (unpaired) electrons. The molecule has 0 unspecified atom stereocenters. The van der Waals surface area contributed by atoms with Crippen molar-refractivity contribution in [2.75, 3.05) is 37.6 Å². The van der Waals surface area contributed by atoms with E-state index in [0.29, 0.717) is 49.4 Å². The quantitative estimate of drug-likeness (QED) is 0.776. The normalized spacial score (nSPS) is 18.5. The second kappa shape index (κ2) is 6.65. The van der Waals surface area contributed by atoms with E-state index >= 15 is 0 Å². The Kier molecular flexibility index (Phi) is 4.53. The number of nitrogens with one attached hydrogen (secondary N) is 2. The standard InChI is InChI=1S/C15H16Cl2N4O2S/c16-10-5-9-7-21(8-12(22)20-1-3-23-4-2-20)24-19-14(9)15-13(10)11(17)6-18-15/h5-6,18-19H,1-4,7-8H2. The van der Waals surface area contributed by atoms with Gasteiger partial charge in [0.25, 0.3) is 0 Å². The lowest BCUT2D eigenvalue weighted by molar-refractivity contribution is -0.135. The van der Waals surface area contributed by atoms with Crippen LogP contribution in [0.2, 0.25) is 10.0 Å². The highest BCUT2D eigenvalue weighted by Gasteiger charge is 2.26. The summed E-state index contributed by atoms with van der Waals surface area (Å²) in [7, 11) is 0. The molecule has 2 aliphatic heterocycles. The van der Waals surface area contributed by atoms with Gasteiger partial charge in [-0.25, -0.2) is 4.31 Å². The van der Waals surface area contributed by atoms with E-state index in [2.05, 4.69) is 9.71 Å². The second-order valence-electron chi connectivity index (χ2n) is 5.76. The maximum Gasteiger partial charge on any atom is 0.237 e. The molecule has 2 N–H and O–H groups in total. The molecule has 6 nitrogen and oxygen atoms in total. The first-order valence-corrected chi connectivity index (χ1v) is 9.18. The minimum atomic E-state index is 0.117. The molecule has 128 valence electrons. The van der Waals surface area contributed by atoms with Gasteiger partial charge in [-0.1, -0.05) is 23.2 Å². The molecule has 0 spiro atoms. The minimum absolute atomic E-state index is 0.117. The summed E-state index contributed by atoms with van der Waals surface area (Å²) < 4.78 is 10.6. The van der Waals surface area contributed by atoms with E-state index < -0.39 is 0 Å². The van der Waals surface area contributed by atoms with E-state index in [-0.39, 0.29) is 5.91 Å². The number of H-pyrrole nitrogens is 1. The van der Waals surface area contributed by atoms with E-state index in [9.17, 15) is 4.79 Å². The third-order valence-electron chi connectivity index (χ3n) is 4.24. The highest BCUT2D eigenvalue weighted by atomic mass is 35.5. The summed E-state index contributed by atoms with van der Waals surface area (Å²) in [6, 6.07) is 1.91. The fourth-order valence-electron chi connectivity index (χ4n) is 3.01. The number of morpholine rings is 1. The number of fused-ring (bicyclic) bond motifs is 3. The average molecular weight is 387 g/mol. The van der Waals surface area contributed by atoms with Gasteiger partial charge in [0.2, 0.25) is 5.91 Å². The molecule has 3 heterocycles. The number of anilines is 1. The number of ether oxygens (including phenoxy) is 1. The number of hydrogen-bond donors (Lipinski definition) is 2. The molecule has 1 amide bonds. The van der Waals surface area contributed by atoms with Crippen molar-refractivity contribution in [1.29, 1.82) is 0 Å². The molecule has 1 saturated heterocycles. The molecule has 0 aliphatic carbocycles. The molecule has 2 aromatic rings. The molecule has 0 atom stereocenters. The van der Waals surface area contributed by atoms with Crippen LogP contribution < -0.4 is 4.72 Å². The van der Waals surface area contributed by atoms with E-state index in [0.717, 1.165) is 22.2 Å². The molecule has 24 heavy (non-hydrogen) atoms. The zero-order chi connectivity index (χ0) is 16.7. The second-order valence-corrected chi connectivity index (χ2v) is 7.48. The van der Waals surface area contributed by atoms with Crippen LogP contribution in [-0.2, 0) is 16.1 Å². The van der Waals surface area contributed by atoms with Gasteiger partial charge >= 0.3 is 0 Å². The first-order valence-electron chi connectivity index (χ1n) is 7.65. The van der Waals surface area contributed by atoms with Gasteiger partial charge in [0, 0.05) is 43.4 Å². The Labute approximate surface area is 153 Å². The maximum atomic E-state index is 12.4. The number of carbonyl (C=O) groups excluding carboxylic acids is 1. The van der Waals surface area contributed by atoms with Crippen molar-refractivity contribution in [2.24, 2.45) is 0 Å². The van der Waals surface area contributed by atoms with E-state index in [1.807, 2.05) is 15.3 Å². The Morgan fingerprint density at radius 2 is 2.08 bits per heavy atom. The molecular formula is C15H16Cl2N4O2S. The molecule has 1 aromatic heterocycles. The summed E-state index contributed by atoms with van der Waals surface area (Å²) in [5.41, 5.74) is 2.91. The lowest BCUT2D eigenvalue weighted by atomic mass is 10.1. The predicted octanol–water partition coefficient (Wildman–Crippen LogP) is 3.12. The summed E-state index contributed by atoms with van der Waals surface area (Å²) >= 11 is 14.0. The van der Waals surface area contributed by atoms with Crippen molar-refractivity contribution in [3.63, 3.8) is 0 Å². The molecule has 1 aromatic carbocycles. The van der Waals surface area contributed by atoms with E-state index in [4.69, 9.17) is 27.9 Å². The van der Waals surface area contributed by atoms with Crippen LogP contribution in [0.3, 0.4) is 0 Å². The molecule has 4 rings (SSSR count). The number of rotatable bonds is 2. The highest BCUT2D eigenvalue weighted by Crippen LogP contribution is 2.41. The molecule has 0 bridgehead atoms. The van der Waals surface area contributed by atoms with Crippen LogP contribution in [0.5, 0.6) is 0 Å². The van der Waals surface area contributed by atoms with Gasteiger partial charge in [-0.05, 0) is 11.6 Å². The van der Waals surface area contributed by atoms with Gasteiger partial charge in [-0.2, -0.15) is 0 Å². The number of aromatic nitrogens is 1. The lowest BCUT2D eigenvalue weighted by Gasteiger charge is -2.32. The molecular weight excluding hydrogens is 371 g/mol. The lowest BCUT2D eigenvalue weighted by Crippen LogP contribution is -2.45. The molecule has 2 aliphatic rings. The molecule has 0 saturated carbocycles. The minimum Gasteiger partial charge on any atom is -0.378 e. The van der Waals surface area contributed by atoms with Gasteiger partial charge in [-0.15, -0.1) is 0 Å². The Bertz CT molecular complexity index is 791. The van der Waals surface area contributed by atoms with Crippen LogP contribution in [0, 0.1) is 0 Å². The number of aromatic amines is 1. The predicted molar refractivity (Wildman–Crippen MR) is 97.3 cm³/mol. The summed E-state index contributed by atoms with van der Waals surface area (Å²) in [4.78, 5) is 17.4. The van der Waals surface area contributed by atoms with Gasteiger partial charge in [0.1, 0.15) is 0 Å². The Balaban J connectivity index is 1.52. The topological polar surface area (TPSA) is 60.6 Å². The van der Waals surface area contributed by atoms with Crippen LogP contribution in [0.15, 0.2) is 12.3 Å². The third kappa shape index (κ3) is 2.95. The van der Waals surface area contributed by atoms with Gasteiger partial charge in [-0.3, -0.25) is 4.79 Å². The number of amides is 1. The fourth-order valence-corrected chi connectivity index (χ4v) is 4.47. The number of nitrogens with zero attached hydrogens (tertiary/aromatic N) is 2. The largest absolute Gasteiger partial charge is 0.378 e. The van der Waals surface area contributed by atoms with Crippen molar-refractivity contribution in [2.45, 2.75) is 6.54 Å². The number of carbonyl (C=O) groups is 1. The summed E-state index contributed by atoms with van der Waals surface area (Å²) in [6.45, 7) is 3.53. The number of benzene rings is 1. The van der Waals surface area contributed by atoms with Gasteiger partial charge in [0.15, 0.2) is 0 Å². The zero-order valence-corrected chi connectivity index (χ0v) is 15.1. The Morgan fingerprint density at radius 3 is 2.88 bits per heavy atom. The van der Waals surface area contributed by atoms with Gasteiger partial charge in [0.05, 0.1) is 41.0 Å². The van der Waals surface area contributed by atoms with Gasteiger partial charge < -0.3 is 19.3 Å². The number of hydrogen-bond acceptors (Lipinski definition) is 5. The van der Waals surface area contributed by atoms with E-state index in [1.54, 1.807) is 6.20 Å². The Morgan fingerprint density at radius 1 is 1.29 bits per heavy atom. The van der Waals surface area contributed by atoms with Crippen molar-refractivity contribution in [1.82, 2.24) is 14.2 Å². The van der Waals surface area contributed by atoms with Crippen LogP contribution in [0.25, 0.3) is 10.9 Å². The van der Waals surface area contributed by atoms with Crippen molar-refractivity contribution >= 4 is 57.8 Å². The van der Waals surface area contributed by atoms with Crippen LogP contribution in [0.4, 0.5) is 5.69 Å². The Hall–Kier alpha value is -1.12. The maximum absolute atomic E-state index is 12.4. The third-order valence-corrected chi connectivity index (χ3v) is 5.65. The van der Waals surface area contributed by atoms with Crippen LogP contribution in [-0.4, -0.2) is 52.9 Å². The average Bonchev–Trinajstić information content (AvgIpc) is 2.98. The van der Waals surface area contributed by atoms with Crippen molar-refractivity contribution in [3.8, 4) is 0 Å². The van der Waals surface area contributed by atoms with Crippen molar-refractivity contribution < 1.29 is 9.53 Å². The first-order chi connectivity index (χ1) is 11.6. The van der Waals surface area contributed by atoms with E-state index in [1.165, 1.54) is 12.1 Å². The number of halogens is 2. The first kappa shape index (κ1) is 16.4. The zero-order valence-electron chi connectivity index (χ0n) is 12.8. The summed E-state index contributed by atoms with van der Waals surface area (Å²) in [6.07, 6.45) is 1.74. The molecule has 1 fully saturated rings. The van der Waals surface area contributed by atoms with Crippen LogP contribution >= 0.6 is 35.3 Å². The highest BCUT2D eigenvalue weighted by molar-refractivity contribution is 7.98. The summed E-state index contributed by atoms with van der Waals surface area (Å²) in [5, 5.41) is 2.04. The summed E-state index contributed by atoms with van der Waals surface area (Å²) in [5.74, 6) is 0.117. The SMILES string of the molecule is O=C(CN1Cc2cc(Cl)c3c(Cl)c[nH]c3c2NS1)N1CCOCC1. The monoisotopic (exact) mass is 386 g/mol. The van der Waals surface area contributed by atoms with Crippen LogP contribution in [0.1, 0.15) is 5.56 Å². The smallest absolute Gasteiger partial charge is 0.237 e.